The van der Waals surface area contributed by atoms with E-state index in [0.29, 0.717) is 22.7 Å². The van der Waals surface area contributed by atoms with Crippen LogP contribution in [0.2, 0.25) is 0 Å². The summed E-state index contributed by atoms with van der Waals surface area (Å²) in [5.41, 5.74) is 1.05. The van der Waals surface area contributed by atoms with Crippen LogP contribution in [-0.2, 0) is 0 Å². The molecule has 0 amide bonds. The summed E-state index contributed by atoms with van der Waals surface area (Å²) in [6.07, 6.45) is 4.51. The Bertz CT molecular complexity index is 952. The highest BCUT2D eigenvalue weighted by atomic mass is 32.1. The molecule has 1 saturated heterocycles. The van der Waals surface area contributed by atoms with Crippen molar-refractivity contribution in [2.24, 2.45) is 0 Å². The van der Waals surface area contributed by atoms with Gasteiger partial charge in [0.05, 0.1) is 5.56 Å². The summed E-state index contributed by atoms with van der Waals surface area (Å²) in [6, 6.07) is 6.40. The number of halogens is 1. The van der Waals surface area contributed by atoms with Crippen molar-refractivity contribution in [2.75, 3.05) is 18.0 Å². The number of phenols is 1. The number of nitrogens with zero attached hydrogens (tertiary/aromatic N) is 4. The van der Waals surface area contributed by atoms with E-state index in [1.165, 1.54) is 18.9 Å². The second-order valence-electron chi connectivity index (χ2n) is 6.04. The molecule has 0 saturated carbocycles. The van der Waals surface area contributed by atoms with Crippen LogP contribution in [0.25, 0.3) is 22.0 Å². The molecule has 1 aliphatic rings. The molecule has 0 atom stereocenters. The van der Waals surface area contributed by atoms with E-state index < -0.39 is 11.6 Å². The van der Waals surface area contributed by atoms with Gasteiger partial charge in [0, 0.05) is 30.4 Å². The van der Waals surface area contributed by atoms with E-state index in [1.807, 2.05) is 12.1 Å². The molecule has 4 rings (SSSR count). The van der Waals surface area contributed by atoms with Gasteiger partial charge < -0.3 is 10.0 Å². The third kappa shape index (κ3) is 3.03. The lowest BCUT2D eigenvalue weighted by atomic mass is 10.1. The van der Waals surface area contributed by atoms with E-state index in [4.69, 9.17) is 0 Å². The SMILES string of the molecule is O=Cc1cc(-c2nc(-c3ccc(N4CCCC4)nc3)ns2)cc(F)c1O. The predicted molar refractivity (Wildman–Crippen MR) is 97.0 cm³/mol. The Morgan fingerprint density at radius 2 is 2.00 bits per heavy atom. The zero-order chi connectivity index (χ0) is 18.1. The molecule has 0 bridgehead atoms. The van der Waals surface area contributed by atoms with Crippen LogP contribution in [0.1, 0.15) is 23.2 Å². The number of rotatable bonds is 4. The first kappa shape index (κ1) is 16.6. The minimum absolute atomic E-state index is 0.117. The second kappa shape index (κ2) is 6.80. The summed E-state index contributed by atoms with van der Waals surface area (Å²) >= 11 is 1.10. The van der Waals surface area contributed by atoms with E-state index in [9.17, 15) is 14.3 Å². The average Bonchev–Trinajstić information content (AvgIpc) is 3.36. The Labute approximate surface area is 153 Å². The van der Waals surface area contributed by atoms with Crippen molar-refractivity contribution in [3.8, 4) is 27.7 Å². The lowest BCUT2D eigenvalue weighted by molar-refractivity contribution is 0.112. The van der Waals surface area contributed by atoms with Crippen LogP contribution in [-0.4, -0.2) is 38.8 Å². The zero-order valence-electron chi connectivity index (χ0n) is 13.7. The molecule has 2 aromatic heterocycles. The molecule has 0 unspecified atom stereocenters. The van der Waals surface area contributed by atoms with Gasteiger partial charge in [0.15, 0.2) is 23.7 Å². The van der Waals surface area contributed by atoms with Crippen LogP contribution in [0.4, 0.5) is 10.2 Å². The number of hydrogen-bond acceptors (Lipinski definition) is 7. The largest absolute Gasteiger partial charge is 0.504 e. The van der Waals surface area contributed by atoms with Gasteiger partial charge in [-0.1, -0.05) is 0 Å². The number of aromatic hydroxyl groups is 1. The maximum Gasteiger partial charge on any atom is 0.174 e. The van der Waals surface area contributed by atoms with Gasteiger partial charge in [-0.15, -0.1) is 0 Å². The van der Waals surface area contributed by atoms with Crippen LogP contribution in [0.5, 0.6) is 5.75 Å². The first-order valence-electron chi connectivity index (χ1n) is 8.19. The van der Waals surface area contributed by atoms with E-state index in [0.717, 1.165) is 42.1 Å². The molecule has 1 fully saturated rings. The van der Waals surface area contributed by atoms with Gasteiger partial charge in [-0.05, 0) is 48.6 Å². The van der Waals surface area contributed by atoms with E-state index in [-0.39, 0.29) is 5.56 Å². The van der Waals surface area contributed by atoms with Crippen LogP contribution in [0.3, 0.4) is 0 Å². The van der Waals surface area contributed by atoms with Gasteiger partial charge in [0.2, 0.25) is 0 Å². The standard InChI is InChI=1S/C18H15FN4O2S/c19-14-8-12(7-13(10-24)16(14)25)18-21-17(22-26-18)11-3-4-15(20-9-11)23-5-1-2-6-23/h3-4,7-10,25H,1-2,5-6H2. The van der Waals surface area contributed by atoms with Crippen molar-refractivity contribution < 1.29 is 14.3 Å². The summed E-state index contributed by atoms with van der Waals surface area (Å²) in [5, 5.41) is 9.98. The molecule has 3 aromatic rings. The number of benzene rings is 1. The van der Waals surface area contributed by atoms with Gasteiger partial charge in [-0.3, -0.25) is 4.79 Å². The maximum atomic E-state index is 13.8. The number of phenolic OH excluding ortho intramolecular Hbond substituents is 1. The first-order valence-corrected chi connectivity index (χ1v) is 8.96. The van der Waals surface area contributed by atoms with Crippen LogP contribution in [0, 0.1) is 5.82 Å². The molecule has 26 heavy (non-hydrogen) atoms. The van der Waals surface area contributed by atoms with Gasteiger partial charge in [-0.25, -0.2) is 14.4 Å². The molecule has 1 aliphatic heterocycles. The molecule has 1 N–H and O–H groups in total. The van der Waals surface area contributed by atoms with Crippen LogP contribution in [0.15, 0.2) is 30.5 Å². The van der Waals surface area contributed by atoms with Crippen molar-refractivity contribution >= 4 is 23.6 Å². The van der Waals surface area contributed by atoms with Gasteiger partial charge >= 0.3 is 0 Å². The normalized spacial score (nSPS) is 14.0. The first-order chi connectivity index (χ1) is 12.7. The maximum absolute atomic E-state index is 13.8. The van der Waals surface area contributed by atoms with Crippen LogP contribution >= 0.6 is 11.5 Å². The molecule has 1 aromatic carbocycles. The fourth-order valence-electron chi connectivity index (χ4n) is 2.94. The van der Waals surface area contributed by atoms with Crippen LogP contribution < -0.4 is 4.90 Å². The number of anilines is 1. The van der Waals surface area contributed by atoms with Gasteiger partial charge in [0.1, 0.15) is 10.8 Å². The number of carbonyl (C=O) groups excluding carboxylic acids is 1. The summed E-state index contributed by atoms with van der Waals surface area (Å²) in [6.45, 7) is 2.05. The molecule has 6 nitrogen and oxygen atoms in total. The topological polar surface area (TPSA) is 79.2 Å². The average molecular weight is 370 g/mol. The highest BCUT2D eigenvalue weighted by Crippen LogP contribution is 2.31. The molecular weight excluding hydrogens is 355 g/mol. The van der Waals surface area contributed by atoms with Gasteiger partial charge in [-0.2, -0.15) is 4.37 Å². The second-order valence-corrected chi connectivity index (χ2v) is 6.79. The summed E-state index contributed by atoms with van der Waals surface area (Å²) in [7, 11) is 0. The summed E-state index contributed by atoms with van der Waals surface area (Å²) in [4.78, 5) is 22.1. The predicted octanol–water partition coefficient (Wildman–Crippen LogP) is 3.52. The molecule has 132 valence electrons. The highest BCUT2D eigenvalue weighted by molar-refractivity contribution is 7.09. The molecule has 0 aliphatic carbocycles. The van der Waals surface area contributed by atoms with Crippen molar-refractivity contribution in [3.63, 3.8) is 0 Å². The van der Waals surface area contributed by atoms with Crippen molar-refractivity contribution in [1.29, 1.82) is 0 Å². The minimum atomic E-state index is -0.863. The third-order valence-corrected chi connectivity index (χ3v) is 5.09. The zero-order valence-corrected chi connectivity index (χ0v) is 14.5. The number of aromatic nitrogens is 3. The number of pyridine rings is 1. The number of hydrogen-bond donors (Lipinski definition) is 1. The fourth-order valence-corrected chi connectivity index (χ4v) is 3.61. The molecule has 0 spiro atoms. The third-order valence-electron chi connectivity index (χ3n) is 4.33. The van der Waals surface area contributed by atoms with Crippen molar-refractivity contribution in [2.45, 2.75) is 12.8 Å². The Hall–Kier alpha value is -2.87. The van der Waals surface area contributed by atoms with E-state index in [2.05, 4.69) is 19.2 Å². The Balaban J connectivity index is 1.62. The molecular formula is C18H15FN4O2S. The smallest absolute Gasteiger partial charge is 0.174 e. The van der Waals surface area contributed by atoms with Crippen molar-refractivity contribution in [1.82, 2.24) is 14.3 Å². The molecule has 3 heterocycles. The lowest BCUT2D eigenvalue weighted by Crippen LogP contribution is -2.18. The minimum Gasteiger partial charge on any atom is -0.504 e. The highest BCUT2D eigenvalue weighted by Gasteiger charge is 2.16. The van der Waals surface area contributed by atoms with E-state index >= 15 is 0 Å². The summed E-state index contributed by atoms with van der Waals surface area (Å²) in [5.74, 6) is -0.0854. The quantitative estimate of drug-likeness (QED) is 0.708. The number of aldehydes is 1. The van der Waals surface area contributed by atoms with E-state index in [1.54, 1.807) is 6.20 Å². The van der Waals surface area contributed by atoms with Gasteiger partial charge in [0.25, 0.3) is 0 Å². The Kier molecular flexibility index (Phi) is 4.34. The summed E-state index contributed by atoms with van der Waals surface area (Å²) < 4.78 is 18.1. The number of carbonyl (C=O) groups is 1. The Morgan fingerprint density at radius 3 is 2.69 bits per heavy atom. The Morgan fingerprint density at radius 1 is 1.19 bits per heavy atom. The fraction of sp³-hybridized carbons (Fsp3) is 0.222. The lowest BCUT2D eigenvalue weighted by Gasteiger charge is -2.15. The molecule has 8 heteroatoms. The monoisotopic (exact) mass is 370 g/mol. The van der Waals surface area contributed by atoms with Crippen molar-refractivity contribution in [3.05, 3.63) is 41.8 Å². The molecule has 0 radical (unpaired) electrons.